The van der Waals surface area contributed by atoms with Crippen molar-refractivity contribution in [3.05, 3.63) is 0 Å². The summed E-state index contributed by atoms with van der Waals surface area (Å²) >= 11 is 0. The van der Waals surface area contributed by atoms with Gasteiger partial charge >= 0.3 is 0 Å². The monoisotopic (exact) mass is 198 g/mol. The van der Waals surface area contributed by atoms with Crippen LogP contribution < -0.4 is 10.6 Å². The van der Waals surface area contributed by atoms with E-state index in [9.17, 15) is 0 Å². The van der Waals surface area contributed by atoms with Crippen LogP contribution in [-0.4, -0.2) is 38.4 Å². The molecular weight excluding hydrogens is 176 g/mol. The summed E-state index contributed by atoms with van der Waals surface area (Å²) < 4.78 is 5.64. The lowest BCUT2D eigenvalue weighted by atomic mass is 9.67. The summed E-state index contributed by atoms with van der Waals surface area (Å²) in [5.74, 6) is 0. The zero-order valence-corrected chi connectivity index (χ0v) is 9.31. The molecule has 1 saturated heterocycles. The van der Waals surface area contributed by atoms with Crippen molar-refractivity contribution in [1.29, 1.82) is 0 Å². The van der Waals surface area contributed by atoms with Crippen molar-refractivity contribution in [2.24, 2.45) is 5.41 Å². The SMILES string of the molecule is CC1(C)CCC1NCC1CNCCO1. The van der Waals surface area contributed by atoms with Crippen molar-refractivity contribution < 1.29 is 4.74 Å². The summed E-state index contributed by atoms with van der Waals surface area (Å²) in [5, 5.41) is 6.96. The quantitative estimate of drug-likeness (QED) is 0.702. The molecule has 0 spiro atoms. The summed E-state index contributed by atoms with van der Waals surface area (Å²) in [7, 11) is 0. The van der Waals surface area contributed by atoms with Gasteiger partial charge in [-0.25, -0.2) is 0 Å². The summed E-state index contributed by atoms with van der Waals surface area (Å²) in [6.45, 7) is 8.55. The molecule has 0 aromatic carbocycles. The predicted octanol–water partition coefficient (Wildman–Crippen LogP) is 0.753. The molecule has 2 unspecified atom stereocenters. The summed E-state index contributed by atoms with van der Waals surface area (Å²) in [5.41, 5.74) is 0.502. The van der Waals surface area contributed by atoms with Gasteiger partial charge in [0.05, 0.1) is 12.7 Å². The molecule has 0 bridgehead atoms. The molecule has 1 aliphatic carbocycles. The molecule has 1 heterocycles. The van der Waals surface area contributed by atoms with Crippen LogP contribution in [0.3, 0.4) is 0 Å². The van der Waals surface area contributed by atoms with E-state index < -0.39 is 0 Å². The molecule has 0 aromatic heterocycles. The molecule has 14 heavy (non-hydrogen) atoms. The van der Waals surface area contributed by atoms with Crippen LogP contribution in [0.2, 0.25) is 0 Å². The number of morpholine rings is 1. The van der Waals surface area contributed by atoms with Gasteiger partial charge in [0.15, 0.2) is 0 Å². The second kappa shape index (κ2) is 4.17. The van der Waals surface area contributed by atoms with Crippen molar-refractivity contribution >= 4 is 0 Å². The van der Waals surface area contributed by atoms with E-state index in [1.807, 2.05) is 0 Å². The van der Waals surface area contributed by atoms with Gasteiger partial charge in [-0.05, 0) is 18.3 Å². The second-order valence-electron chi connectivity index (χ2n) is 5.19. The highest BCUT2D eigenvalue weighted by molar-refractivity contribution is 4.94. The van der Waals surface area contributed by atoms with Crippen LogP contribution >= 0.6 is 0 Å². The molecule has 3 heteroatoms. The number of rotatable bonds is 3. The smallest absolute Gasteiger partial charge is 0.0824 e. The molecule has 3 nitrogen and oxygen atoms in total. The summed E-state index contributed by atoms with van der Waals surface area (Å²) in [6.07, 6.45) is 3.06. The molecule has 0 radical (unpaired) electrons. The zero-order chi connectivity index (χ0) is 10.0. The Morgan fingerprint density at radius 2 is 2.36 bits per heavy atom. The molecule has 2 N–H and O–H groups in total. The minimum atomic E-state index is 0.375. The van der Waals surface area contributed by atoms with Crippen molar-refractivity contribution in [3.8, 4) is 0 Å². The van der Waals surface area contributed by atoms with E-state index in [1.165, 1.54) is 12.8 Å². The minimum Gasteiger partial charge on any atom is -0.374 e. The highest BCUT2D eigenvalue weighted by atomic mass is 16.5. The van der Waals surface area contributed by atoms with Gasteiger partial charge in [0.1, 0.15) is 0 Å². The van der Waals surface area contributed by atoms with Crippen molar-refractivity contribution in [1.82, 2.24) is 10.6 Å². The first kappa shape index (κ1) is 10.4. The number of hydrogen-bond acceptors (Lipinski definition) is 3. The Morgan fingerprint density at radius 1 is 1.50 bits per heavy atom. The third kappa shape index (κ3) is 2.27. The van der Waals surface area contributed by atoms with E-state index in [2.05, 4.69) is 24.5 Å². The van der Waals surface area contributed by atoms with Crippen LogP contribution in [0.15, 0.2) is 0 Å². The zero-order valence-electron chi connectivity index (χ0n) is 9.31. The maximum Gasteiger partial charge on any atom is 0.0824 e. The van der Waals surface area contributed by atoms with Crippen molar-refractivity contribution in [2.75, 3.05) is 26.2 Å². The van der Waals surface area contributed by atoms with E-state index in [0.29, 0.717) is 17.6 Å². The third-order valence-electron chi connectivity index (χ3n) is 3.62. The van der Waals surface area contributed by atoms with Crippen LogP contribution in [0.1, 0.15) is 26.7 Å². The Hall–Kier alpha value is -0.120. The molecule has 1 aliphatic heterocycles. The molecule has 2 atom stereocenters. The van der Waals surface area contributed by atoms with E-state index >= 15 is 0 Å². The second-order valence-corrected chi connectivity index (χ2v) is 5.19. The Bertz CT molecular complexity index is 188. The summed E-state index contributed by atoms with van der Waals surface area (Å²) in [6, 6.07) is 0.702. The molecule has 82 valence electrons. The molecule has 0 amide bonds. The van der Waals surface area contributed by atoms with Crippen LogP contribution in [-0.2, 0) is 4.74 Å². The lowest BCUT2D eigenvalue weighted by Gasteiger charge is -2.45. The minimum absolute atomic E-state index is 0.375. The van der Waals surface area contributed by atoms with Gasteiger partial charge < -0.3 is 15.4 Å². The number of ether oxygens (including phenoxy) is 1. The average molecular weight is 198 g/mol. The fourth-order valence-electron chi connectivity index (χ4n) is 2.27. The normalized spacial score (nSPS) is 36.4. The average Bonchev–Trinajstić information content (AvgIpc) is 2.18. The molecule has 0 aromatic rings. The highest BCUT2D eigenvalue weighted by Gasteiger charge is 2.38. The first-order valence-electron chi connectivity index (χ1n) is 5.74. The lowest BCUT2D eigenvalue weighted by molar-refractivity contribution is 0.0160. The fourth-order valence-corrected chi connectivity index (χ4v) is 2.27. The Labute approximate surface area is 86.6 Å². The van der Waals surface area contributed by atoms with Crippen LogP contribution in [0.5, 0.6) is 0 Å². The lowest BCUT2D eigenvalue weighted by Crippen LogP contribution is -2.54. The van der Waals surface area contributed by atoms with Crippen LogP contribution in [0.25, 0.3) is 0 Å². The van der Waals surface area contributed by atoms with Crippen LogP contribution in [0, 0.1) is 5.41 Å². The predicted molar refractivity (Wildman–Crippen MR) is 57.4 cm³/mol. The molecule has 2 fully saturated rings. The van der Waals surface area contributed by atoms with E-state index in [4.69, 9.17) is 4.74 Å². The third-order valence-corrected chi connectivity index (χ3v) is 3.62. The molecule has 1 saturated carbocycles. The standard InChI is InChI=1S/C11H22N2O/c1-11(2)4-3-10(11)13-8-9-7-12-5-6-14-9/h9-10,12-13H,3-8H2,1-2H3. The van der Waals surface area contributed by atoms with Gasteiger partial charge in [-0.2, -0.15) is 0 Å². The number of nitrogens with one attached hydrogen (secondary N) is 2. The van der Waals surface area contributed by atoms with Crippen molar-refractivity contribution in [3.63, 3.8) is 0 Å². The Kier molecular flexibility index (Phi) is 3.10. The first-order valence-corrected chi connectivity index (χ1v) is 5.74. The van der Waals surface area contributed by atoms with Gasteiger partial charge in [-0.15, -0.1) is 0 Å². The van der Waals surface area contributed by atoms with Crippen molar-refractivity contribution in [2.45, 2.75) is 38.8 Å². The van der Waals surface area contributed by atoms with Crippen LogP contribution in [0.4, 0.5) is 0 Å². The van der Waals surface area contributed by atoms with Gasteiger partial charge in [0, 0.05) is 25.7 Å². The number of hydrogen-bond donors (Lipinski definition) is 2. The Morgan fingerprint density at radius 3 is 2.86 bits per heavy atom. The van der Waals surface area contributed by atoms with Gasteiger partial charge in [0.25, 0.3) is 0 Å². The van der Waals surface area contributed by atoms with E-state index in [1.54, 1.807) is 0 Å². The maximum atomic E-state index is 5.64. The Balaban J connectivity index is 1.66. The topological polar surface area (TPSA) is 33.3 Å². The van der Waals surface area contributed by atoms with Gasteiger partial charge in [-0.1, -0.05) is 13.8 Å². The summed E-state index contributed by atoms with van der Waals surface area (Å²) in [4.78, 5) is 0. The maximum absolute atomic E-state index is 5.64. The molecule has 2 rings (SSSR count). The fraction of sp³-hybridized carbons (Fsp3) is 1.00. The molecular formula is C11H22N2O. The first-order chi connectivity index (χ1) is 6.68. The van der Waals surface area contributed by atoms with E-state index in [-0.39, 0.29) is 0 Å². The largest absolute Gasteiger partial charge is 0.374 e. The van der Waals surface area contributed by atoms with Gasteiger partial charge in [-0.3, -0.25) is 0 Å². The van der Waals surface area contributed by atoms with E-state index in [0.717, 1.165) is 26.2 Å². The van der Waals surface area contributed by atoms with Gasteiger partial charge in [0.2, 0.25) is 0 Å². The molecule has 2 aliphatic rings. The highest BCUT2D eigenvalue weighted by Crippen LogP contribution is 2.39.